The molecule has 202 valence electrons. The van der Waals surface area contributed by atoms with Gasteiger partial charge in [-0.1, -0.05) is 12.1 Å². The fraction of sp³-hybridized carbons (Fsp3) is 0.0556. The van der Waals surface area contributed by atoms with Crippen LogP contribution in [0, 0.1) is 13.8 Å². The molecule has 0 saturated heterocycles. The Labute approximate surface area is 244 Å². The Morgan fingerprint density at radius 1 is 0.381 bits per heavy atom. The molecule has 6 heteroatoms. The van der Waals surface area contributed by atoms with E-state index in [4.69, 9.17) is 0 Å². The SMILES string of the molecule is Cc1c2ccc(N(c3cccnc3)c3cccnc3)cc2c(C)c2ccc(N(c3cccnc3)c3cccnc3)cc12. The number of benzene rings is 3. The van der Waals surface area contributed by atoms with Crippen molar-refractivity contribution in [2.75, 3.05) is 9.80 Å². The van der Waals surface area contributed by atoms with Crippen molar-refractivity contribution in [2.45, 2.75) is 13.8 Å². The molecule has 3 aromatic carbocycles. The van der Waals surface area contributed by atoms with Crippen molar-refractivity contribution in [1.29, 1.82) is 0 Å². The summed E-state index contributed by atoms with van der Waals surface area (Å²) in [6, 6.07) is 29.5. The monoisotopic (exact) mass is 544 g/mol. The lowest BCUT2D eigenvalue weighted by molar-refractivity contribution is 1.20. The quantitative estimate of drug-likeness (QED) is 0.195. The van der Waals surface area contributed by atoms with E-state index in [1.165, 1.54) is 32.7 Å². The lowest BCUT2D eigenvalue weighted by Crippen LogP contribution is -2.11. The van der Waals surface area contributed by atoms with E-state index in [0.717, 1.165) is 34.1 Å². The van der Waals surface area contributed by atoms with Crippen molar-refractivity contribution in [3.63, 3.8) is 0 Å². The predicted octanol–water partition coefficient (Wildman–Crippen LogP) is 9.13. The second kappa shape index (κ2) is 10.7. The van der Waals surface area contributed by atoms with Crippen molar-refractivity contribution < 1.29 is 0 Å². The number of aryl methyl sites for hydroxylation is 2. The Bertz CT molecular complexity index is 1770. The van der Waals surface area contributed by atoms with Gasteiger partial charge in [-0.2, -0.15) is 0 Å². The first-order chi connectivity index (χ1) is 20.7. The molecule has 0 radical (unpaired) electrons. The zero-order chi connectivity index (χ0) is 28.5. The summed E-state index contributed by atoms with van der Waals surface area (Å²) in [5.41, 5.74) is 8.52. The van der Waals surface area contributed by atoms with E-state index in [1.807, 2.05) is 49.1 Å². The van der Waals surface area contributed by atoms with Gasteiger partial charge in [0.2, 0.25) is 0 Å². The number of pyridine rings is 4. The average molecular weight is 545 g/mol. The molecule has 0 amide bonds. The molecule has 0 bridgehead atoms. The van der Waals surface area contributed by atoms with Crippen molar-refractivity contribution in [3.05, 3.63) is 146 Å². The molecule has 0 aliphatic heterocycles. The minimum absolute atomic E-state index is 0.982. The van der Waals surface area contributed by atoms with Crippen LogP contribution in [0.3, 0.4) is 0 Å². The molecule has 6 nitrogen and oxygen atoms in total. The van der Waals surface area contributed by atoms with Gasteiger partial charge < -0.3 is 9.80 Å². The molecule has 0 atom stereocenters. The maximum atomic E-state index is 4.38. The van der Waals surface area contributed by atoms with Crippen LogP contribution in [0.2, 0.25) is 0 Å². The molecule has 4 aromatic heterocycles. The molecule has 0 saturated carbocycles. The summed E-state index contributed by atoms with van der Waals surface area (Å²) in [7, 11) is 0. The van der Waals surface area contributed by atoms with Gasteiger partial charge in [-0.05, 0) is 119 Å². The summed E-state index contributed by atoms with van der Waals surface area (Å²) in [6.07, 6.45) is 14.7. The van der Waals surface area contributed by atoms with Crippen LogP contribution >= 0.6 is 0 Å². The first-order valence-corrected chi connectivity index (χ1v) is 13.9. The average Bonchev–Trinajstić information content (AvgIpc) is 3.06. The molecule has 0 aliphatic carbocycles. The standard InChI is InChI=1S/C36H28N6/c1-25-33-13-11-28(42(31-9-5-17-39-23-31)32-10-6-18-40-24-32)20-36(33)26(2)34-14-12-27(19-35(25)34)41(29-7-3-15-37-21-29)30-8-4-16-38-22-30/h3-24H,1-2H3. The summed E-state index contributed by atoms with van der Waals surface area (Å²) in [6.45, 7) is 4.43. The number of anilines is 6. The summed E-state index contributed by atoms with van der Waals surface area (Å²) in [5, 5.41) is 4.90. The van der Waals surface area contributed by atoms with E-state index in [0.29, 0.717) is 0 Å². The summed E-state index contributed by atoms with van der Waals surface area (Å²) in [5.74, 6) is 0. The first-order valence-electron chi connectivity index (χ1n) is 13.9. The Balaban J connectivity index is 1.40. The van der Waals surface area contributed by atoms with Crippen molar-refractivity contribution in [2.24, 2.45) is 0 Å². The fourth-order valence-corrected chi connectivity index (χ4v) is 5.75. The van der Waals surface area contributed by atoms with Crippen LogP contribution in [0.25, 0.3) is 21.5 Å². The van der Waals surface area contributed by atoms with Crippen molar-refractivity contribution in [1.82, 2.24) is 19.9 Å². The number of nitrogens with zero attached hydrogens (tertiary/aromatic N) is 6. The molecule has 0 spiro atoms. The van der Waals surface area contributed by atoms with Gasteiger partial charge in [-0.15, -0.1) is 0 Å². The van der Waals surface area contributed by atoms with Crippen LogP contribution in [0.15, 0.2) is 135 Å². The van der Waals surface area contributed by atoms with Gasteiger partial charge in [-0.3, -0.25) is 19.9 Å². The zero-order valence-corrected chi connectivity index (χ0v) is 23.4. The van der Waals surface area contributed by atoms with E-state index in [9.17, 15) is 0 Å². The molecular formula is C36H28N6. The summed E-state index contributed by atoms with van der Waals surface area (Å²) in [4.78, 5) is 21.9. The number of hydrogen-bond donors (Lipinski definition) is 0. The second-order valence-corrected chi connectivity index (χ2v) is 10.2. The smallest absolute Gasteiger partial charge is 0.0645 e. The van der Waals surface area contributed by atoms with Crippen LogP contribution in [0.5, 0.6) is 0 Å². The minimum Gasteiger partial charge on any atom is -0.307 e. The molecular weight excluding hydrogens is 516 g/mol. The fourth-order valence-electron chi connectivity index (χ4n) is 5.75. The van der Waals surface area contributed by atoms with Gasteiger partial charge in [0.05, 0.1) is 47.5 Å². The van der Waals surface area contributed by atoms with Gasteiger partial charge in [0.15, 0.2) is 0 Å². The van der Waals surface area contributed by atoms with Crippen LogP contribution in [0.4, 0.5) is 34.1 Å². The Kier molecular flexibility index (Phi) is 6.49. The number of aromatic nitrogens is 4. The van der Waals surface area contributed by atoms with Gasteiger partial charge in [0, 0.05) is 36.2 Å². The van der Waals surface area contributed by atoms with Crippen molar-refractivity contribution in [3.8, 4) is 0 Å². The van der Waals surface area contributed by atoms with E-state index in [1.54, 1.807) is 24.8 Å². The minimum atomic E-state index is 0.982. The van der Waals surface area contributed by atoms with E-state index in [2.05, 4.69) is 104 Å². The van der Waals surface area contributed by atoms with Crippen LogP contribution < -0.4 is 9.80 Å². The van der Waals surface area contributed by atoms with E-state index >= 15 is 0 Å². The molecule has 42 heavy (non-hydrogen) atoms. The number of fused-ring (bicyclic) bond motifs is 2. The van der Waals surface area contributed by atoms with Crippen LogP contribution in [-0.2, 0) is 0 Å². The Hall–Kier alpha value is -5.62. The molecule has 0 N–H and O–H groups in total. The second-order valence-electron chi connectivity index (χ2n) is 10.2. The van der Waals surface area contributed by atoms with Crippen molar-refractivity contribution >= 4 is 55.7 Å². The highest BCUT2D eigenvalue weighted by atomic mass is 15.2. The van der Waals surface area contributed by atoms with E-state index < -0.39 is 0 Å². The van der Waals surface area contributed by atoms with Gasteiger partial charge >= 0.3 is 0 Å². The maximum absolute atomic E-state index is 4.38. The predicted molar refractivity (Wildman–Crippen MR) is 171 cm³/mol. The molecule has 0 unspecified atom stereocenters. The molecule has 7 aromatic rings. The van der Waals surface area contributed by atoms with Crippen LogP contribution in [-0.4, -0.2) is 19.9 Å². The van der Waals surface area contributed by atoms with Crippen LogP contribution in [0.1, 0.15) is 11.1 Å². The van der Waals surface area contributed by atoms with Gasteiger partial charge in [0.1, 0.15) is 0 Å². The van der Waals surface area contributed by atoms with Gasteiger partial charge in [0.25, 0.3) is 0 Å². The summed E-state index contributed by atoms with van der Waals surface area (Å²) < 4.78 is 0. The highest BCUT2D eigenvalue weighted by Gasteiger charge is 2.18. The largest absolute Gasteiger partial charge is 0.307 e. The van der Waals surface area contributed by atoms with Gasteiger partial charge in [-0.25, -0.2) is 0 Å². The Morgan fingerprint density at radius 3 is 1.00 bits per heavy atom. The third-order valence-corrected chi connectivity index (χ3v) is 7.76. The first kappa shape index (κ1) is 25.4. The highest BCUT2D eigenvalue weighted by molar-refractivity contribution is 6.08. The Morgan fingerprint density at radius 2 is 0.714 bits per heavy atom. The zero-order valence-electron chi connectivity index (χ0n) is 23.4. The van der Waals surface area contributed by atoms with E-state index in [-0.39, 0.29) is 0 Å². The number of hydrogen-bond acceptors (Lipinski definition) is 6. The normalized spacial score (nSPS) is 11.1. The highest BCUT2D eigenvalue weighted by Crippen LogP contribution is 2.41. The maximum Gasteiger partial charge on any atom is 0.0645 e. The molecule has 0 aliphatic rings. The third kappa shape index (κ3) is 4.49. The number of rotatable bonds is 6. The third-order valence-electron chi connectivity index (χ3n) is 7.76. The topological polar surface area (TPSA) is 58.0 Å². The molecule has 4 heterocycles. The molecule has 0 fully saturated rings. The molecule has 7 rings (SSSR count). The lowest BCUT2D eigenvalue weighted by Gasteiger charge is -2.26. The summed E-state index contributed by atoms with van der Waals surface area (Å²) >= 11 is 0. The lowest BCUT2D eigenvalue weighted by atomic mass is 9.92.